The second kappa shape index (κ2) is 8.60. The lowest BCUT2D eigenvalue weighted by atomic mass is 10.2. The van der Waals surface area contributed by atoms with E-state index in [1.54, 1.807) is 18.2 Å². The van der Waals surface area contributed by atoms with Gasteiger partial charge in [0, 0.05) is 22.7 Å². The standard InChI is InChI=1S/C15H21ClN2O2S2/c1-15(2,3)22-8-7-17-14(21)18-10-5-6-12(16)11(9-10)13(19)20-4/h5-6,9H,7-8H2,1-4H3,(H2,17,18,21). The van der Waals surface area contributed by atoms with Crippen molar-refractivity contribution in [3.63, 3.8) is 0 Å². The molecule has 7 heteroatoms. The molecule has 0 atom stereocenters. The first kappa shape index (κ1) is 19.1. The average molecular weight is 361 g/mol. The Labute approximate surface area is 146 Å². The summed E-state index contributed by atoms with van der Waals surface area (Å²) < 4.78 is 4.92. The number of esters is 1. The average Bonchev–Trinajstić information content (AvgIpc) is 2.44. The highest BCUT2D eigenvalue weighted by Gasteiger charge is 2.12. The lowest BCUT2D eigenvalue weighted by molar-refractivity contribution is 0.0601. The number of methoxy groups -OCH3 is 1. The number of ether oxygens (including phenoxy) is 1. The lowest BCUT2D eigenvalue weighted by Crippen LogP contribution is -2.31. The summed E-state index contributed by atoms with van der Waals surface area (Å²) in [5, 5.41) is 7.01. The number of hydrogen-bond acceptors (Lipinski definition) is 4. The SMILES string of the molecule is COC(=O)c1cc(NC(=S)NCCSC(C)(C)C)ccc1Cl. The van der Waals surface area contributed by atoms with E-state index in [0.717, 1.165) is 12.3 Å². The summed E-state index contributed by atoms with van der Waals surface area (Å²) in [6.07, 6.45) is 0. The number of thiocarbonyl (C=S) groups is 1. The molecular formula is C15H21ClN2O2S2. The number of benzene rings is 1. The van der Waals surface area contributed by atoms with E-state index in [-0.39, 0.29) is 4.75 Å². The molecule has 0 aliphatic heterocycles. The van der Waals surface area contributed by atoms with Gasteiger partial charge in [0.05, 0.1) is 17.7 Å². The molecule has 0 aromatic heterocycles. The van der Waals surface area contributed by atoms with E-state index < -0.39 is 5.97 Å². The van der Waals surface area contributed by atoms with Gasteiger partial charge in [0.15, 0.2) is 5.11 Å². The molecule has 0 unspecified atom stereocenters. The van der Waals surface area contributed by atoms with Crippen molar-refractivity contribution >= 4 is 52.3 Å². The van der Waals surface area contributed by atoms with Crippen molar-refractivity contribution in [2.45, 2.75) is 25.5 Å². The van der Waals surface area contributed by atoms with Crippen LogP contribution in [0.5, 0.6) is 0 Å². The van der Waals surface area contributed by atoms with Crippen LogP contribution in [0.15, 0.2) is 18.2 Å². The van der Waals surface area contributed by atoms with Crippen LogP contribution >= 0.6 is 35.6 Å². The summed E-state index contributed by atoms with van der Waals surface area (Å²) in [7, 11) is 1.32. The molecule has 1 aromatic carbocycles. The highest BCUT2D eigenvalue weighted by Crippen LogP contribution is 2.22. The molecule has 0 saturated heterocycles. The fourth-order valence-corrected chi connectivity index (χ4v) is 2.80. The zero-order valence-electron chi connectivity index (χ0n) is 13.2. The van der Waals surface area contributed by atoms with Crippen LogP contribution in [0.3, 0.4) is 0 Å². The smallest absolute Gasteiger partial charge is 0.339 e. The van der Waals surface area contributed by atoms with Gasteiger partial charge in [-0.05, 0) is 30.4 Å². The molecular weight excluding hydrogens is 340 g/mol. The minimum Gasteiger partial charge on any atom is -0.465 e. The highest BCUT2D eigenvalue weighted by atomic mass is 35.5. The Balaban J connectivity index is 2.53. The molecule has 0 aliphatic carbocycles. The molecule has 0 amide bonds. The molecule has 1 aromatic rings. The van der Waals surface area contributed by atoms with Gasteiger partial charge >= 0.3 is 5.97 Å². The Morgan fingerprint density at radius 2 is 2.09 bits per heavy atom. The first-order valence-electron chi connectivity index (χ1n) is 6.79. The largest absolute Gasteiger partial charge is 0.465 e. The summed E-state index contributed by atoms with van der Waals surface area (Å²) in [5.41, 5.74) is 0.992. The molecule has 0 radical (unpaired) electrons. The fraction of sp³-hybridized carbons (Fsp3) is 0.467. The molecule has 4 nitrogen and oxygen atoms in total. The van der Waals surface area contributed by atoms with Gasteiger partial charge in [-0.2, -0.15) is 11.8 Å². The second-order valence-electron chi connectivity index (χ2n) is 5.53. The van der Waals surface area contributed by atoms with Gasteiger partial charge in [-0.1, -0.05) is 32.4 Å². The van der Waals surface area contributed by atoms with Gasteiger partial charge in [-0.15, -0.1) is 0 Å². The summed E-state index contributed by atoms with van der Waals surface area (Å²) in [4.78, 5) is 11.6. The molecule has 0 spiro atoms. The van der Waals surface area contributed by atoms with E-state index in [2.05, 4.69) is 36.1 Å². The van der Waals surface area contributed by atoms with Crippen LogP contribution in [-0.4, -0.2) is 35.2 Å². The van der Waals surface area contributed by atoms with E-state index in [4.69, 9.17) is 23.8 Å². The summed E-state index contributed by atoms with van der Waals surface area (Å²) in [5.74, 6) is 0.480. The second-order valence-corrected chi connectivity index (χ2v) is 8.27. The number of nitrogens with one attached hydrogen (secondary N) is 2. The number of carbonyl (C=O) groups is 1. The van der Waals surface area contributed by atoms with Gasteiger partial charge in [-0.25, -0.2) is 4.79 Å². The molecule has 2 N–H and O–H groups in total. The zero-order valence-corrected chi connectivity index (χ0v) is 15.5. The summed E-state index contributed by atoms with van der Waals surface area (Å²) in [6.45, 7) is 7.30. The van der Waals surface area contributed by atoms with E-state index >= 15 is 0 Å². The van der Waals surface area contributed by atoms with Crippen LogP contribution in [0.25, 0.3) is 0 Å². The van der Waals surface area contributed by atoms with E-state index in [1.165, 1.54) is 7.11 Å². The molecule has 0 aliphatic rings. The Kier molecular flexibility index (Phi) is 7.45. The summed E-state index contributed by atoms with van der Waals surface area (Å²) in [6, 6.07) is 5.01. The monoisotopic (exact) mass is 360 g/mol. The minimum atomic E-state index is -0.478. The van der Waals surface area contributed by atoms with Gasteiger partial charge in [-0.3, -0.25) is 0 Å². The maximum absolute atomic E-state index is 11.6. The van der Waals surface area contributed by atoms with Crippen LogP contribution in [-0.2, 0) is 4.74 Å². The predicted octanol–water partition coefficient (Wildman–Crippen LogP) is 3.94. The molecule has 0 saturated carbocycles. The minimum absolute atomic E-state index is 0.238. The number of thioether (sulfide) groups is 1. The van der Waals surface area contributed by atoms with Gasteiger partial charge < -0.3 is 15.4 Å². The van der Waals surface area contributed by atoms with Crippen molar-refractivity contribution in [1.82, 2.24) is 5.32 Å². The third-order valence-corrected chi connectivity index (χ3v) is 4.40. The van der Waals surface area contributed by atoms with E-state index in [1.807, 2.05) is 11.8 Å². The number of rotatable bonds is 5. The topological polar surface area (TPSA) is 50.4 Å². The number of anilines is 1. The van der Waals surface area contributed by atoms with Crippen molar-refractivity contribution in [3.8, 4) is 0 Å². The molecule has 22 heavy (non-hydrogen) atoms. The first-order chi connectivity index (χ1) is 10.2. The Morgan fingerprint density at radius 3 is 2.68 bits per heavy atom. The van der Waals surface area contributed by atoms with Crippen molar-refractivity contribution < 1.29 is 9.53 Å². The fourth-order valence-electron chi connectivity index (χ4n) is 1.57. The van der Waals surface area contributed by atoms with Gasteiger partial charge in [0.1, 0.15) is 0 Å². The third kappa shape index (κ3) is 6.85. The number of carbonyl (C=O) groups excluding carboxylic acids is 1. The van der Waals surface area contributed by atoms with Crippen molar-refractivity contribution in [2.24, 2.45) is 0 Å². The highest BCUT2D eigenvalue weighted by molar-refractivity contribution is 8.00. The quantitative estimate of drug-likeness (QED) is 0.471. The predicted molar refractivity (Wildman–Crippen MR) is 99.2 cm³/mol. The Morgan fingerprint density at radius 1 is 1.41 bits per heavy atom. The molecule has 0 heterocycles. The molecule has 1 rings (SSSR count). The van der Waals surface area contributed by atoms with Crippen LogP contribution in [0, 0.1) is 0 Å². The summed E-state index contributed by atoms with van der Waals surface area (Å²) >= 11 is 13.1. The lowest BCUT2D eigenvalue weighted by Gasteiger charge is -2.18. The molecule has 0 fully saturated rings. The van der Waals surface area contributed by atoms with E-state index in [9.17, 15) is 4.79 Å². The normalized spacial score (nSPS) is 11.0. The maximum Gasteiger partial charge on any atom is 0.339 e. The molecule has 0 bridgehead atoms. The van der Waals surface area contributed by atoms with Crippen molar-refractivity contribution in [2.75, 3.05) is 24.7 Å². The Bertz CT molecular complexity index is 545. The molecule has 122 valence electrons. The number of halogens is 1. The van der Waals surface area contributed by atoms with Crippen LogP contribution in [0.2, 0.25) is 5.02 Å². The van der Waals surface area contributed by atoms with Crippen LogP contribution in [0.4, 0.5) is 5.69 Å². The van der Waals surface area contributed by atoms with Gasteiger partial charge in [0.2, 0.25) is 0 Å². The van der Waals surface area contributed by atoms with Crippen molar-refractivity contribution in [3.05, 3.63) is 28.8 Å². The van der Waals surface area contributed by atoms with Crippen LogP contribution in [0.1, 0.15) is 31.1 Å². The zero-order chi connectivity index (χ0) is 16.8. The van der Waals surface area contributed by atoms with Crippen molar-refractivity contribution in [1.29, 1.82) is 0 Å². The Hall–Kier alpha value is -0.980. The van der Waals surface area contributed by atoms with Gasteiger partial charge in [0.25, 0.3) is 0 Å². The first-order valence-corrected chi connectivity index (χ1v) is 8.57. The number of hydrogen-bond donors (Lipinski definition) is 2. The maximum atomic E-state index is 11.6. The third-order valence-electron chi connectivity index (χ3n) is 2.55. The van der Waals surface area contributed by atoms with Crippen LogP contribution < -0.4 is 10.6 Å². The van der Waals surface area contributed by atoms with E-state index in [0.29, 0.717) is 21.4 Å².